The largest absolute Gasteiger partial charge is 0.481 e. The summed E-state index contributed by atoms with van der Waals surface area (Å²) in [7, 11) is 0. The van der Waals surface area contributed by atoms with E-state index in [9.17, 15) is 19.5 Å². The van der Waals surface area contributed by atoms with Crippen LogP contribution in [0.4, 0.5) is 0 Å². The first-order chi connectivity index (χ1) is 11.1. The zero-order valence-electron chi connectivity index (χ0n) is 12.0. The van der Waals surface area contributed by atoms with Crippen molar-refractivity contribution in [2.75, 3.05) is 0 Å². The molecule has 118 valence electrons. The smallest absolute Gasteiger partial charge is 0.341 e. The average molecular weight is 314 g/mol. The fraction of sp³-hybridized carbons (Fsp3) is 0.118. The molecule has 2 aromatic rings. The van der Waals surface area contributed by atoms with Crippen molar-refractivity contribution in [1.82, 2.24) is 0 Å². The second kappa shape index (κ2) is 7.74. The van der Waals surface area contributed by atoms with Gasteiger partial charge >= 0.3 is 11.9 Å². The van der Waals surface area contributed by atoms with Crippen LogP contribution in [0.2, 0.25) is 0 Å². The van der Waals surface area contributed by atoms with E-state index < -0.39 is 24.1 Å². The predicted molar refractivity (Wildman–Crippen MR) is 79.6 cm³/mol. The third-order valence-electron chi connectivity index (χ3n) is 3.12. The Morgan fingerprint density at radius 1 is 0.957 bits per heavy atom. The van der Waals surface area contributed by atoms with Crippen LogP contribution >= 0.6 is 0 Å². The molecule has 0 heterocycles. The number of ether oxygens (including phenoxy) is 2. The monoisotopic (exact) mass is 314 g/mol. The summed E-state index contributed by atoms with van der Waals surface area (Å²) in [6.07, 6.45) is -1.57. The van der Waals surface area contributed by atoms with Crippen molar-refractivity contribution in [1.29, 1.82) is 0 Å². The molecule has 0 saturated heterocycles. The molecular weight excluding hydrogens is 300 g/mol. The lowest BCUT2D eigenvalue weighted by molar-refractivity contribution is -0.166. The van der Waals surface area contributed by atoms with Crippen LogP contribution in [0, 0.1) is 0 Å². The number of benzene rings is 2. The van der Waals surface area contributed by atoms with E-state index in [2.05, 4.69) is 0 Å². The molecule has 0 fully saturated rings. The molecule has 23 heavy (non-hydrogen) atoms. The van der Waals surface area contributed by atoms with Crippen LogP contribution in [0.5, 0.6) is 0 Å². The summed E-state index contributed by atoms with van der Waals surface area (Å²) in [4.78, 5) is 34.3. The van der Waals surface area contributed by atoms with Gasteiger partial charge in [0.2, 0.25) is 0 Å². The van der Waals surface area contributed by atoms with Crippen molar-refractivity contribution in [3.05, 3.63) is 71.8 Å². The lowest BCUT2D eigenvalue weighted by atomic mass is 9.98. The fourth-order valence-corrected chi connectivity index (χ4v) is 2.05. The van der Waals surface area contributed by atoms with Gasteiger partial charge in [-0.25, -0.2) is 4.79 Å². The third-order valence-corrected chi connectivity index (χ3v) is 3.12. The quantitative estimate of drug-likeness (QED) is 0.479. The van der Waals surface area contributed by atoms with Gasteiger partial charge in [0.05, 0.1) is 5.56 Å². The van der Waals surface area contributed by atoms with Crippen LogP contribution in [0.1, 0.15) is 21.8 Å². The first kappa shape index (κ1) is 16.2. The molecule has 2 atom stereocenters. The van der Waals surface area contributed by atoms with Crippen LogP contribution in [-0.4, -0.2) is 29.8 Å². The van der Waals surface area contributed by atoms with Crippen molar-refractivity contribution < 1.29 is 29.0 Å². The molecule has 0 aliphatic rings. The normalized spacial score (nSPS) is 12.7. The Kier molecular flexibility index (Phi) is 5.46. The summed E-state index contributed by atoms with van der Waals surface area (Å²) >= 11 is 0. The fourth-order valence-electron chi connectivity index (χ4n) is 2.05. The Labute approximate surface area is 132 Å². The van der Waals surface area contributed by atoms with Crippen molar-refractivity contribution in [2.24, 2.45) is 0 Å². The molecule has 0 aromatic heterocycles. The first-order valence-electron chi connectivity index (χ1n) is 6.76. The number of esters is 1. The van der Waals surface area contributed by atoms with Crippen molar-refractivity contribution in [3.63, 3.8) is 0 Å². The number of aliphatic carboxylic acids is 1. The minimum atomic E-state index is -1.57. The van der Waals surface area contributed by atoms with Gasteiger partial charge in [-0.15, -0.1) is 0 Å². The van der Waals surface area contributed by atoms with E-state index in [1.807, 2.05) is 0 Å². The van der Waals surface area contributed by atoms with Gasteiger partial charge in [-0.2, -0.15) is 0 Å². The number of hydrogen-bond donors (Lipinski definition) is 1. The van der Waals surface area contributed by atoms with Gasteiger partial charge < -0.3 is 14.6 Å². The molecule has 0 amide bonds. The summed E-state index contributed by atoms with van der Waals surface area (Å²) in [5.41, 5.74) is 0.580. The second-order valence-corrected chi connectivity index (χ2v) is 4.60. The van der Waals surface area contributed by atoms with Crippen molar-refractivity contribution in [3.8, 4) is 0 Å². The Morgan fingerprint density at radius 3 is 2.04 bits per heavy atom. The summed E-state index contributed by atoms with van der Waals surface area (Å²) in [5.74, 6) is -3.38. The molecule has 6 heteroatoms. The van der Waals surface area contributed by atoms with Gasteiger partial charge in [0.25, 0.3) is 12.8 Å². The Bertz CT molecular complexity index is 668. The summed E-state index contributed by atoms with van der Waals surface area (Å²) in [6, 6.07) is 16.1. The zero-order chi connectivity index (χ0) is 16.7. The molecule has 0 spiro atoms. The number of carboxylic acids is 1. The predicted octanol–water partition coefficient (Wildman–Crippen LogP) is 2.21. The Balaban J connectivity index is 2.26. The summed E-state index contributed by atoms with van der Waals surface area (Å²) < 4.78 is 9.79. The first-order valence-corrected chi connectivity index (χ1v) is 6.76. The maximum absolute atomic E-state index is 12.1. The van der Waals surface area contributed by atoms with Gasteiger partial charge in [0, 0.05) is 0 Å². The molecular formula is C17H14O6. The minimum absolute atomic E-state index is 0.0574. The second-order valence-electron chi connectivity index (χ2n) is 4.60. The van der Waals surface area contributed by atoms with Gasteiger partial charge in [-0.05, 0) is 17.7 Å². The Morgan fingerprint density at radius 2 is 1.52 bits per heavy atom. The highest BCUT2D eigenvalue weighted by Crippen LogP contribution is 2.24. The van der Waals surface area contributed by atoms with E-state index in [1.165, 1.54) is 12.1 Å². The maximum atomic E-state index is 12.1. The SMILES string of the molecule is O=COC(OC(=O)c1ccccc1)C(C(=O)O)c1ccccc1. The van der Waals surface area contributed by atoms with Crippen LogP contribution in [0.15, 0.2) is 60.7 Å². The van der Waals surface area contributed by atoms with Gasteiger partial charge in [-0.3, -0.25) is 9.59 Å². The van der Waals surface area contributed by atoms with E-state index in [0.29, 0.717) is 5.56 Å². The molecule has 0 aliphatic carbocycles. The van der Waals surface area contributed by atoms with Crippen LogP contribution in [-0.2, 0) is 19.1 Å². The molecule has 2 unspecified atom stereocenters. The third kappa shape index (κ3) is 4.16. The zero-order valence-corrected chi connectivity index (χ0v) is 12.0. The number of carboxylic acid groups (broad SMARTS) is 1. The van der Waals surface area contributed by atoms with Gasteiger partial charge in [-0.1, -0.05) is 48.5 Å². The van der Waals surface area contributed by atoms with Crippen LogP contribution in [0.3, 0.4) is 0 Å². The van der Waals surface area contributed by atoms with Crippen molar-refractivity contribution >= 4 is 18.4 Å². The topological polar surface area (TPSA) is 89.9 Å². The lowest BCUT2D eigenvalue weighted by Gasteiger charge is -2.22. The van der Waals surface area contributed by atoms with Crippen LogP contribution < -0.4 is 0 Å². The molecule has 6 nitrogen and oxygen atoms in total. The Hall–Kier alpha value is -3.15. The van der Waals surface area contributed by atoms with E-state index in [1.54, 1.807) is 48.5 Å². The average Bonchev–Trinajstić information content (AvgIpc) is 2.56. The molecule has 2 aromatic carbocycles. The molecule has 1 N–H and O–H groups in total. The van der Waals surface area contributed by atoms with E-state index in [0.717, 1.165) is 0 Å². The maximum Gasteiger partial charge on any atom is 0.341 e. The molecule has 0 saturated carbocycles. The van der Waals surface area contributed by atoms with Crippen LogP contribution in [0.25, 0.3) is 0 Å². The minimum Gasteiger partial charge on any atom is -0.481 e. The molecule has 0 radical (unpaired) electrons. The number of carbonyl (C=O) groups excluding carboxylic acids is 2. The van der Waals surface area contributed by atoms with E-state index in [4.69, 9.17) is 9.47 Å². The standard InChI is InChI=1S/C17H14O6/c18-11-22-17(23-16(21)13-9-5-2-6-10-13)14(15(19)20)12-7-3-1-4-8-12/h1-11,14,17H,(H,19,20). The molecule has 2 rings (SSSR count). The van der Waals surface area contributed by atoms with E-state index >= 15 is 0 Å². The molecule has 0 bridgehead atoms. The highest BCUT2D eigenvalue weighted by molar-refractivity contribution is 5.89. The highest BCUT2D eigenvalue weighted by atomic mass is 16.7. The van der Waals surface area contributed by atoms with Gasteiger partial charge in [0.1, 0.15) is 0 Å². The number of carbonyl (C=O) groups is 3. The molecule has 0 aliphatic heterocycles. The summed E-state index contributed by atoms with van der Waals surface area (Å²) in [6.45, 7) is 0.0574. The van der Waals surface area contributed by atoms with Gasteiger partial charge in [0.15, 0.2) is 5.92 Å². The summed E-state index contributed by atoms with van der Waals surface area (Å²) in [5, 5.41) is 9.42. The lowest BCUT2D eigenvalue weighted by Crippen LogP contribution is -2.33. The van der Waals surface area contributed by atoms with Crippen molar-refractivity contribution in [2.45, 2.75) is 12.2 Å². The number of rotatable bonds is 7. The highest BCUT2D eigenvalue weighted by Gasteiger charge is 2.34. The number of hydrogen-bond acceptors (Lipinski definition) is 5. The van der Waals surface area contributed by atoms with E-state index in [-0.39, 0.29) is 12.0 Å².